The molecule has 0 aliphatic carbocycles. The van der Waals surface area contributed by atoms with Gasteiger partial charge in [0.1, 0.15) is 24.4 Å². The number of rotatable bonds is 8. The summed E-state index contributed by atoms with van der Waals surface area (Å²) >= 11 is 0. The number of carbonyl (C=O) groups excluding carboxylic acids is 1. The number of aliphatic hydroxyl groups is 5. The minimum atomic E-state index is -1.79. The van der Waals surface area contributed by atoms with Gasteiger partial charge in [0.2, 0.25) is 0 Å². The van der Waals surface area contributed by atoms with Crippen LogP contribution in [0, 0.1) is 5.92 Å². The highest BCUT2D eigenvalue weighted by atomic mass is 16.4. The van der Waals surface area contributed by atoms with Crippen LogP contribution in [0.15, 0.2) is 0 Å². The van der Waals surface area contributed by atoms with Gasteiger partial charge in [-0.05, 0) is 12.3 Å². The van der Waals surface area contributed by atoms with E-state index in [1.165, 1.54) is 0 Å². The number of hydrogen-bond donors (Lipinski definition) is 5. The molecule has 0 spiro atoms. The summed E-state index contributed by atoms with van der Waals surface area (Å²) in [5.74, 6) is -0.299. The fraction of sp³-hybridized carbons (Fsp3) is 0.909. The third-order valence-electron chi connectivity index (χ3n) is 2.55. The summed E-state index contributed by atoms with van der Waals surface area (Å²) in [6, 6.07) is 0. The maximum absolute atomic E-state index is 11.4. The van der Waals surface area contributed by atoms with E-state index in [1.54, 1.807) is 0 Å². The van der Waals surface area contributed by atoms with Gasteiger partial charge in [-0.3, -0.25) is 4.79 Å². The molecule has 0 aliphatic heterocycles. The fourth-order valence-corrected chi connectivity index (χ4v) is 1.29. The Morgan fingerprint density at radius 3 is 2.00 bits per heavy atom. The largest absolute Gasteiger partial charge is 0.394 e. The third kappa shape index (κ3) is 5.56. The molecule has 5 N–H and O–H groups in total. The molecule has 0 saturated carbocycles. The smallest absolute Gasteiger partial charge is 0.164 e. The van der Waals surface area contributed by atoms with Crippen molar-refractivity contribution in [3.63, 3.8) is 0 Å². The lowest BCUT2D eigenvalue weighted by Gasteiger charge is -2.24. The van der Waals surface area contributed by atoms with Crippen LogP contribution in [0.2, 0.25) is 0 Å². The zero-order valence-electron chi connectivity index (χ0n) is 10.2. The summed E-state index contributed by atoms with van der Waals surface area (Å²) in [5, 5.41) is 45.8. The molecule has 6 nitrogen and oxygen atoms in total. The fourth-order valence-electron chi connectivity index (χ4n) is 1.29. The van der Waals surface area contributed by atoms with Crippen molar-refractivity contribution in [2.24, 2.45) is 5.92 Å². The molecule has 17 heavy (non-hydrogen) atoms. The van der Waals surface area contributed by atoms with Crippen LogP contribution in [0.3, 0.4) is 0 Å². The van der Waals surface area contributed by atoms with E-state index in [9.17, 15) is 20.1 Å². The van der Waals surface area contributed by atoms with Crippen LogP contribution < -0.4 is 0 Å². The Morgan fingerprint density at radius 2 is 1.59 bits per heavy atom. The van der Waals surface area contributed by atoms with Crippen molar-refractivity contribution in [1.82, 2.24) is 0 Å². The van der Waals surface area contributed by atoms with Gasteiger partial charge in [-0.15, -0.1) is 0 Å². The van der Waals surface area contributed by atoms with Gasteiger partial charge in [-0.1, -0.05) is 13.8 Å². The molecule has 0 aromatic carbocycles. The molecule has 0 heterocycles. The third-order valence-corrected chi connectivity index (χ3v) is 2.55. The van der Waals surface area contributed by atoms with Crippen molar-refractivity contribution in [2.45, 2.75) is 51.1 Å². The van der Waals surface area contributed by atoms with E-state index < -0.39 is 36.8 Å². The number of hydrogen-bond acceptors (Lipinski definition) is 6. The maximum Gasteiger partial charge on any atom is 0.164 e. The van der Waals surface area contributed by atoms with Gasteiger partial charge in [0, 0.05) is 6.42 Å². The summed E-state index contributed by atoms with van der Waals surface area (Å²) < 4.78 is 0. The summed E-state index contributed by atoms with van der Waals surface area (Å²) in [6.07, 6.45) is -6.21. The summed E-state index contributed by atoms with van der Waals surface area (Å²) in [4.78, 5) is 11.4. The quantitative estimate of drug-likeness (QED) is 0.355. The van der Waals surface area contributed by atoms with E-state index in [2.05, 4.69) is 0 Å². The van der Waals surface area contributed by atoms with Crippen molar-refractivity contribution in [1.29, 1.82) is 0 Å². The van der Waals surface area contributed by atoms with Crippen molar-refractivity contribution >= 4 is 5.78 Å². The molecule has 4 unspecified atom stereocenters. The molecule has 0 aromatic heterocycles. The zero-order chi connectivity index (χ0) is 13.6. The molecule has 0 amide bonds. The number of Topliss-reactive ketones (excluding diaryl/α,β-unsaturated/α-hetero) is 1. The minimum absolute atomic E-state index is 0.0951. The van der Waals surface area contributed by atoms with Crippen LogP contribution in [0.1, 0.15) is 26.7 Å². The van der Waals surface area contributed by atoms with Gasteiger partial charge in [0.25, 0.3) is 0 Å². The molecule has 0 aliphatic rings. The Hall–Kier alpha value is -0.530. The molecule has 0 radical (unpaired) electrons. The lowest BCUT2D eigenvalue weighted by atomic mass is 9.96. The molecule has 0 bridgehead atoms. The zero-order valence-corrected chi connectivity index (χ0v) is 10.2. The van der Waals surface area contributed by atoms with E-state index in [1.807, 2.05) is 13.8 Å². The summed E-state index contributed by atoms with van der Waals surface area (Å²) in [6.45, 7) is 3.08. The Labute approximate surface area is 101 Å². The molecule has 6 heteroatoms. The molecule has 0 fully saturated rings. The second kappa shape index (κ2) is 7.73. The topological polar surface area (TPSA) is 118 Å². The Bertz CT molecular complexity index is 230. The van der Waals surface area contributed by atoms with E-state index in [4.69, 9.17) is 10.2 Å². The molecular weight excluding hydrogens is 228 g/mol. The predicted octanol–water partition coefficient (Wildman–Crippen LogP) is -1.57. The van der Waals surface area contributed by atoms with Gasteiger partial charge in [0.15, 0.2) is 5.78 Å². The summed E-state index contributed by atoms with van der Waals surface area (Å²) in [5.41, 5.74) is 0. The average Bonchev–Trinajstić information content (AvgIpc) is 2.31. The number of aliphatic hydroxyl groups excluding tert-OH is 5. The first-order valence-corrected chi connectivity index (χ1v) is 5.67. The predicted molar refractivity (Wildman–Crippen MR) is 60.2 cm³/mol. The average molecular weight is 250 g/mol. The van der Waals surface area contributed by atoms with Crippen LogP contribution in [0.5, 0.6) is 0 Å². The van der Waals surface area contributed by atoms with Crippen molar-refractivity contribution < 1.29 is 30.3 Å². The number of carbonyl (C=O) groups is 1. The Balaban J connectivity index is 4.28. The van der Waals surface area contributed by atoms with Gasteiger partial charge in [-0.25, -0.2) is 0 Å². The molecular formula is C11H22O6. The molecule has 0 rings (SSSR count). The van der Waals surface area contributed by atoms with Crippen molar-refractivity contribution in [2.75, 3.05) is 6.61 Å². The van der Waals surface area contributed by atoms with E-state index >= 15 is 0 Å². The monoisotopic (exact) mass is 250 g/mol. The molecule has 102 valence electrons. The maximum atomic E-state index is 11.4. The first kappa shape index (κ1) is 16.5. The standard InChI is InChI=1S/C11H22O6/c1-6(2)3-4-7(13)9(15)11(17)10(16)8(14)5-12/h6,8-12,14-17H,3-5H2,1-2H3. The minimum Gasteiger partial charge on any atom is -0.394 e. The van der Waals surface area contributed by atoms with Gasteiger partial charge in [-0.2, -0.15) is 0 Å². The van der Waals surface area contributed by atoms with Crippen LogP contribution in [0.4, 0.5) is 0 Å². The second-order valence-corrected chi connectivity index (χ2v) is 4.57. The first-order valence-electron chi connectivity index (χ1n) is 5.67. The lowest BCUT2D eigenvalue weighted by Crippen LogP contribution is -2.48. The van der Waals surface area contributed by atoms with Gasteiger partial charge in [0.05, 0.1) is 6.61 Å². The summed E-state index contributed by atoms with van der Waals surface area (Å²) in [7, 11) is 0. The highest BCUT2D eigenvalue weighted by Crippen LogP contribution is 2.11. The van der Waals surface area contributed by atoms with Crippen LogP contribution >= 0.6 is 0 Å². The SMILES string of the molecule is CC(C)CCC(=O)C(O)C(O)C(O)C(O)CO. The van der Waals surface area contributed by atoms with E-state index in [0.29, 0.717) is 6.42 Å². The number of ketones is 1. The van der Waals surface area contributed by atoms with Crippen molar-refractivity contribution in [3.05, 3.63) is 0 Å². The second-order valence-electron chi connectivity index (χ2n) is 4.57. The molecule has 0 saturated heterocycles. The van der Waals surface area contributed by atoms with E-state index in [-0.39, 0.29) is 12.3 Å². The van der Waals surface area contributed by atoms with Crippen molar-refractivity contribution in [3.8, 4) is 0 Å². The highest BCUT2D eigenvalue weighted by molar-refractivity contribution is 5.83. The Kier molecular flexibility index (Phi) is 7.49. The normalized spacial score (nSPS) is 18.8. The van der Waals surface area contributed by atoms with Gasteiger partial charge >= 0.3 is 0 Å². The van der Waals surface area contributed by atoms with Gasteiger partial charge < -0.3 is 25.5 Å². The molecule has 0 aromatic rings. The lowest BCUT2D eigenvalue weighted by molar-refractivity contribution is -0.147. The van der Waals surface area contributed by atoms with Crippen LogP contribution in [-0.2, 0) is 4.79 Å². The van der Waals surface area contributed by atoms with Crippen LogP contribution in [0.25, 0.3) is 0 Å². The highest BCUT2D eigenvalue weighted by Gasteiger charge is 2.33. The molecule has 4 atom stereocenters. The van der Waals surface area contributed by atoms with E-state index in [0.717, 1.165) is 0 Å². The first-order chi connectivity index (χ1) is 7.81. The van der Waals surface area contributed by atoms with Crippen LogP contribution in [-0.4, -0.2) is 62.3 Å². The Morgan fingerprint density at radius 1 is 1.06 bits per heavy atom.